The molecule has 1 saturated heterocycles. The first-order chi connectivity index (χ1) is 6.75. The topological polar surface area (TPSA) is 59.0 Å². The van der Waals surface area contributed by atoms with Crippen LogP contribution >= 0.6 is 0 Å². The van der Waals surface area contributed by atoms with Gasteiger partial charge in [-0.1, -0.05) is 0 Å². The molecule has 1 amide bonds. The van der Waals surface area contributed by atoms with Crippen LogP contribution in [0.4, 0.5) is 5.69 Å². The molecular formula is C9H14N4O. The van der Waals surface area contributed by atoms with Gasteiger partial charge in [-0.15, -0.1) is 0 Å². The predicted molar refractivity (Wildman–Crippen MR) is 52.8 cm³/mol. The summed E-state index contributed by atoms with van der Waals surface area (Å²) in [5.74, 6) is 0.193. The summed E-state index contributed by atoms with van der Waals surface area (Å²) in [4.78, 5) is 11.6. The van der Waals surface area contributed by atoms with E-state index >= 15 is 0 Å². The number of amides is 1. The van der Waals surface area contributed by atoms with Crippen molar-refractivity contribution in [3.05, 3.63) is 12.4 Å². The minimum Gasteiger partial charge on any atom is -0.323 e. The van der Waals surface area contributed by atoms with Gasteiger partial charge in [-0.25, -0.2) is 0 Å². The van der Waals surface area contributed by atoms with Crippen molar-refractivity contribution in [1.29, 1.82) is 0 Å². The van der Waals surface area contributed by atoms with Crippen molar-refractivity contribution in [2.45, 2.75) is 6.42 Å². The minimum atomic E-state index is 0.0861. The molecule has 2 N–H and O–H groups in total. The van der Waals surface area contributed by atoms with Crippen molar-refractivity contribution in [3.63, 3.8) is 0 Å². The monoisotopic (exact) mass is 194 g/mol. The van der Waals surface area contributed by atoms with Crippen molar-refractivity contribution >= 4 is 11.6 Å². The third-order valence-corrected chi connectivity index (χ3v) is 2.40. The van der Waals surface area contributed by atoms with E-state index < -0.39 is 0 Å². The number of nitrogens with one attached hydrogen (secondary N) is 2. The van der Waals surface area contributed by atoms with Crippen molar-refractivity contribution in [1.82, 2.24) is 15.1 Å². The highest BCUT2D eigenvalue weighted by Crippen LogP contribution is 2.11. The lowest BCUT2D eigenvalue weighted by Crippen LogP contribution is -2.24. The molecule has 2 rings (SSSR count). The molecule has 1 fully saturated rings. The van der Waals surface area contributed by atoms with E-state index in [2.05, 4.69) is 15.7 Å². The molecule has 1 aromatic rings. The summed E-state index contributed by atoms with van der Waals surface area (Å²) in [6, 6.07) is 0. The lowest BCUT2D eigenvalue weighted by molar-refractivity contribution is -0.119. The molecule has 2 heterocycles. The van der Waals surface area contributed by atoms with Gasteiger partial charge in [0.25, 0.3) is 0 Å². The number of carbonyl (C=O) groups is 1. The van der Waals surface area contributed by atoms with Crippen LogP contribution in [0.5, 0.6) is 0 Å². The molecule has 1 aliphatic heterocycles. The molecule has 0 aliphatic carbocycles. The van der Waals surface area contributed by atoms with Crippen molar-refractivity contribution < 1.29 is 4.79 Å². The molecule has 14 heavy (non-hydrogen) atoms. The van der Waals surface area contributed by atoms with Crippen LogP contribution in [0.25, 0.3) is 0 Å². The van der Waals surface area contributed by atoms with Crippen LogP contribution in [0.1, 0.15) is 6.42 Å². The second kappa shape index (κ2) is 3.79. The van der Waals surface area contributed by atoms with Gasteiger partial charge >= 0.3 is 0 Å². The fourth-order valence-electron chi connectivity index (χ4n) is 1.61. The number of anilines is 1. The third kappa shape index (κ3) is 1.93. The van der Waals surface area contributed by atoms with Gasteiger partial charge in [-0.2, -0.15) is 5.10 Å². The average Bonchev–Trinajstić information content (AvgIpc) is 2.75. The molecule has 0 spiro atoms. The maximum Gasteiger partial charge on any atom is 0.228 e. The number of aromatic nitrogens is 2. The van der Waals surface area contributed by atoms with Crippen LogP contribution in [0, 0.1) is 5.92 Å². The maximum atomic E-state index is 11.6. The normalized spacial score (nSPS) is 21.1. The van der Waals surface area contributed by atoms with Gasteiger partial charge in [-0.05, 0) is 13.0 Å². The quantitative estimate of drug-likeness (QED) is 0.695. The van der Waals surface area contributed by atoms with E-state index in [1.54, 1.807) is 17.1 Å². The number of rotatable bonds is 2. The Morgan fingerprint density at radius 3 is 3.21 bits per heavy atom. The van der Waals surface area contributed by atoms with Crippen molar-refractivity contribution in [2.24, 2.45) is 13.0 Å². The largest absolute Gasteiger partial charge is 0.323 e. The molecule has 76 valence electrons. The third-order valence-electron chi connectivity index (χ3n) is 2.40. The molecule has 0 saturated carbocycles. The summed E-state index contributed by atoms with van der Waals surface area (Å²) in [5.41, 5.74) is 0.768. The van der Waals surface area contributed by atoms with Crippen LogP contribution in [-0.4, -0.2) is 28.8 Å². The van der Waals surface area contributed by atoms with Crippen LogP contribution in [0.3, 0.4) is 0 Å². The van der Waals surface area contributed by atoms with E-state index in [0.29, 0.717) is 0 Å². The Hall–Kier alpha value is -1.36. The van der Waals surface area contributed by atoms with Gasteiger partial charge in [0, 0.05) is 19.8 Å². The second-order valence-electron chi connectivity index (χ2n) is 3.58. The highest BCUT2D eigenvalue weighted by atomic mass is 16.1. The molecule has 0 aromatic carbocycles. The smallest absolute Gasteiger partial charge is 0.228 e. The van der Waals surface area contributed by atoms with Gasteiger partial charge in [0.2, 0.25) is 5.91 Å². The predicted octanol–water partition coefficient (Wildman–Crippen LogP) is -0.0319. The molecule has 1 aromatic heterocycles. The van der Waals surface area contributed by atoms with E-state index in [0.717, 1.165) is 25.2 Å². The van der Waals surface area contributed by atoms with Crippen LogP contribution in [-0.2, 0) is 11.8 Å². The fraction of sp³-hybridized carbons (Fsp3) is 0.556. The van der Waals surface area contributed by atoms with E-state index in [-0.39, 0.29) is 11.8 Å². The Bertz CT molecular complexity index is 327. The maximum absolute atomic E-state index is 11.6. The lowest BCUT2D eigenvalue weighted by atomic mass is 10.1. The summed E-state index contributed by atoms with van der Waals surface area (Å²) in [5, 5.41) is 9.99. The lowest BCUT2D eigenvalue weighted by Gasteiger charge is -2.07. The molecule has 0 unspecified atom stereocenters. The summed E-state index contributed by atoms with van der Waals surface area (Å²) in [7, 11) is 1.83. The van der Waals surface area contributed by atoms with E-state index in [1.165, 1.54) is 0 Å². The Kier molecular flexibility index (Phi) is 2.49. The Morgan fingerprint density at radius 1 is 1.79 bits per heavy atom. The number of hydrogen-bond acceptors (Lipinski definition) is 3. The van der Waals surface area contributed by atoms with E-state index in [4.69, 9.17) is 0 Å². The first-order valence-electron chi connectivity index (χ1n) is 4.76. The molecule has 1 atom stereocenters. The standard InChI is InChI=1S/C9H14N4O/c1-13-6-8(5-11-13)12-9(14)7-2-3-10-4-7/h5-7,10H,2-4H2,1H3,(H,12,14)/t7-/m1/s1. The van der Waals surface area contributed by atoms with E-state index in [1.807, 2.05) is 7.05 Å². The molecule has 5 nitrogen and oxygen atoms in total. The Morgan fingerprint density at radius 2 is 2.64 bits per heavy atom. The second-order valence-corrected chi connectivity index (χ2v) is 3.58. The molecule has 5 heteroatoms. The first-order valence-corrected chi connectivity index (χ1v) is 4.76. The van der Waals surface area contributed by atoms with Crippen molar-refractivity contribution in [2.75, 3.05) is 18.4 Å². The minimum absolute atomic E-state index is 0.0861. The van der Waals surface area contributed by atoms with Gasteiger partial charge in [0.15, 0.2) is 0 Å². The van der Waals surface area contributed by atoms with Gasteiger partial charge in [-0.3, -0.25) is 9.48 Å². The summed E-state index contributed by atoms with van der Waals surface area (Å²) in [6.45, 7) is 1.72. The summed E-state index contributed by atoms with van der Waals surface area (Å²) >= 11 is 0. The van der Waals surface area contributed by atoms with Gasteiger partial charge in [0.05, 0.1) is 17.8 Å². The number of hydrogen-bond donors (Lipinski definition) is 2. The fourth-order valence-corrected chi connectivity index (χ4v) is 1.61. The number of aryl methyl sites for hydroxylation is 1. The SMILES string of the molecule is Cn1cc(NC(=O)[C@@H]2CCNC2)cn1. The summed E-state index contributed by atoms with van der Waals surface area (Å²) in [6.07, 6.45) is 4.37. The van der Waals surface area contributed by atoms with Crippen LogP contribution in [0.15, 0.2) is 12.4 Å². The molecular weight excluding hydrogens is 180 g/mol. The number of nitrogens with zero attached hydrogens (tertiary/aromatic N) is 2. The molecule has 0 radical (unpaired) electrons. The zero-order chi connectivity index (χ0) is 9.97. The van der Waals surface area contributed by atoms with Crippen LogP contribution in [0.2, 0.25) is 0 Å². The zero-order valence-corrected chi connectivity index (χ0v) is 8.16. The molecule has 0 bridgehead atoms. The van der Waals surface area contributed by atoms with Gasteiger partial charge in [0.1, 0.15) is 0 Å². The number of carbonyl (C=O) groups excluding carboxylic acids is 1. The van der Waals surface area contributed by atoms with E-state index in [9.17, 15) is 4.79 Å². The van der Waals surface area contributed by atoms with Crippen LogP contribution < -0.4 is 10.6 Å². The zero-order valence-electron chi connectivity index (χ0n) is 8.16. The first kappa shape index (κ1) is 9.21. The average molecular weight is 194 g/mol. The molecule has 1 aliphatic rings. The van der Waals surface area contributed by atoms with Crippen molar-refractivity contribution in [3.8, 4) is 0 Å². The Balaban J connectivity index is 1.93. The summed E-state index contributed by atoms with van der Waals surface area (Å²) < 4.78 is 1.67. The highest BCUT2D eigenvalue weighted by molar-refractivity contribution is 5.92. The Labute approximate surface area is 82.5 Å². The van der Waals surface area contributed by atoms with Gasteiger partial charge < -0.3 is 10.6 Å². The highest BCUT2D eigenvalue weighted by Gasteiger charge is 2.22.